The minimum Gasteiger partial charge on any atom is -0.497 e. The van der Waals surface area contributed by atoms with Gasteiger partial charge in [-0.25, -0.2) is 4.98 Å². The molecular formula is C22H34IN5OS. The highest BCUT2D eigenvalue weighted by Gasteiger charge is 2.22. The molecule has 1 fully saturated rings. The molecule has 1 aliphatic heterocycles. The predicted octanol–water partition coefficient (Wildman–Crippen LogP) is 4.22. The average Bonchev–Trinajstić information content (AvgIpc) is 3.25. The number of hydrogen-bond donors (Lipinski definition) is 2. The Morgan fingerprint density at radius 1 is 1.20 bits per heavy atom. The van der Waals surface area contributed by atoms with Gasteiger partial charge in [-0.15, -0.1) is 35.3 Å². The Hall–Kier alpha value is -1.39. The van der Waals surface area contributed by atoms with Crippen molar-refractivity contribution in [2.24, 2.45) is 4.99 Å². The quantitative estimate of drug-likeness (QED) is 0.297. The lowest BCUT2D eigenvalue weighted by molar-refractivity contribution is 0.164. The van der Waals surface area contributed by atoms with Gasteiger partial charge in [-0.1, -0.05) is 25.5 Å². The molecule has 0 aliphatic carbocycles. The molecule has 2 aromatic rings. The fourth-order valence-corrected chi connectivity index (χ4v) is 4.44. The monoisotopic (exact) mass is 543 g/mol. The van der Waals surface area contributed by atoms with E-state index < -0.39 is 0 Å². The van der Waals surface area contributed by atoms with E-state index in [1.807, 2.05) is 19.2 Å². The van der Waals surface area contributed by atoms with Crippen LogP contribution in [0.5, 0.6) is 5.75 Å². The van der Waals surface area contributed by atoms with Crippen LogP contribution in [-0.4, -0.2) is 49.6 Å². The molecule has 1 aromatic heterocycles. The van der Waals surface area contributed by atoms with Crippen LogP contribution < -0.4 is 15.4 Å². The topological polar surface area (TPSA) is 61.8 Å². The normalized spacial score (nSPS) is 15.9. The molecule has 0 amide bonds. The van der Waals surface area contributed by atoms with Crippen molar-refractivity contribution in [3.8, 4) is 5.75 Å². The second kappa shape index (κ2) is 13.1. The van der Waals surface area contributed by atoms with Crippen LogP contribution in [0.1, 0.15) is 48.5 Å². The molecule has 3 rings (SSSR count). The summed E-state index contributed by atoms with van der Waals surface area (Å²) in [5.74, 6) is 1.71. The number of nitrogens with zero attached hydrogens (tertiary/aromatic N) is 3. The number of halogens is 1. The number of benzene rings is 1. The van der Waals surface area contributed by atoms with E-state index in [4.69, 9.17) is 4.74 Å². The van der Waals surface area contributed by atoms with Gasteiger partial charge in [0.2, 0.25) is 0 Å². The van der Waals surface area contributed by atoms with Crippen LogP contribution in [0.25, 0.3) is 0 Å². The van der Waals surface area contributed by atoms with Crippen molar-refractivity contribution in [3.05, 3.63) is 45.9 Å². The summed E-state index contributed by atoms with van der Waals surface area (Å²) in [5, 5.41) is 10.2. The molecule has 30 heavy (non-hydrogen) atoms. The Labute approximate surface area is 201 Å². The number of hydrogen-bond acceptors (Lipinski definition) is 5. The first-order valence-corrected chi connectivity index (χ1v) is 11.4. The maximum atomic E-state index is 5.33. The average molecular weight is 544 g/mol. The van der Waals surface area contributed by atoms with Crippen molar-refractivity contribution in [2.75, 3.05) is 33.8 Å². The second-order valence-electron chi connectivity index (χ2n) is 7.28. The second-order valence-corrected chi connectivity index (χ2v) is 8.22. The molecule has 0 radical (unpaired) electrons. The van der Waals surface area contributed by atoms with Crippen molar-refractivity contribution in [2.45, 2.75) is 45.2 Å². The highest BCUT2D eigenvalue weighted by Crippen LogP contribution is 2.25. The summed E-state index contributed by atoms with van der Waals surface area (Å²) in [4.78, 5) is 11.6. The van der Waals surface area contributed by atoms with Crippen molar-refractivity contribution >= 4 is 41.3 Å². The van der Waals surface area contributed by atoms with Gasteiger partial charge >= 0.3 is 0 Å². The lowest BCUT2D eigenvalue weighted by Gasteiger charge is -2.35. The number of piperidine rings is 1. The molecule has 8 heteroatoms. The third-order valence-corrected chi connectivity index (χ3v) is 6.40. The van der Waals surface area contributed by atoms with Crippen molar-refractivity contribution in [1.82, 2.24) is 20.5 Å². The summed E-state index contributed by atoms with van der Waals surface area (Å²) in [7, 11) is 3.53. The first-order chi connectivity index (χ1) is 14.2. The highest BCUT2D eigenvalue weighted by molar-refractivity contribution is 14.0. The van der Waals surface area contributed by atoms with E-state index in [-0.39, 0.29) is 24.0 Å². The molecule has 1 aromatic carbocycles. The number of thiazole rings is 1. The van der Waals surface area contributed by atoms with Gasteiger partial charge in [-0.05, 0) is 50.0 Å². The van der Waals surface area contributed by atoms with Crippen LogP contribution in [0.2, 0.25) is 0 Å². The van der Waals surface area contributed by atoms with Crippen LogP contribution in [-0.2, 0) is 13.0 Å². The largest absolute Gasteiger partial charge is 0.497 e. The number of aromatic nitrogens is 1. The lowest BCUT2D eigenvalue weighted by atomic mass is 10.0. The first kappa shape index (κ1) is 24.9. The van der Waals surface area contributed by atoms with E-state index in [0.29, 0.717) is 12.6 Å². The van der Waals surface area contributed by atoms with Gasteiger partial charge in [0.25, 0.3) is 0 Å². The molecule has 1 saturated heterocycles. The maximum absolute atomic E-state index is 5.33. The van der Waals surface area contributed by atoms with Crippen molar-refractivity contribution in [3.63, 3.8) is 0 Å². The van der Waals surface area contributed by atoms with Gasteiger partial charge in [0, 0.05) is 19.0 Å². The zero-order valence-electron chi connectivity index (χ0n) is 18.2. The molecule has 1 unspecified atom stereocenters. The molecule has 1 aliphatic rings. The molecular weight excluding hydrogens is 509 g/mol. The number of nitrogens with one attached hydrogen (secondary N) is 2. The Morgan fingerprint density at radius 3 is 2.53 bits per heavy atom. The minimum atomic E-state index is 0. The van der Waals surface area contributed by atoms with Crippen LogP contribution in [0.4, 0.5) is 0 Å². The van der Waals surface area contributed by atoms with Gasteiger partial charge < -0.3 is 15.4 Å². The third-order valence-electron chi connectivity index (χ3n) is 5.36. The Morgan fingerprint density at radius 2 is 1.93 bits per heavy atom. The van der Waals surface area contributed by atoms with Crippen molar-refractivity contribution < 1.29 is 4.74 Å². The van der Waals surface area contributed by atoms with E-state index in [0.717, 1.165) is 43.5 Å². The van der Waals surface area contributed by atoms with Gasteiger partial charge in [-0.3, -0.25) is 9.89 Å². The summed E-state index contributed by atoms with van der Waals surface area (Å²) in [6.45, 7) is 5.92. The fourth-order valence-electron chi connectivity index (χ4n) is 3.69. The molecule has 0 spiro atoms. The predicted molar refractivity (Wildman–Crippen MR) is 136 cm³/mol. The Kier molecular flexibility index (Phi) is 10.9. The number of guanidine groups is 1. The van der Waals surface area contributed by atoms with E-state index in [9.17, 15) is 0 Å². The number of aliphatic imine (C=N–C) groups is 1. The van der Waals surface area contributed by atoms with Gasteiger partial charge in [0.05, 0.1) is 30.4 Å². The third kappa shape index (κ3) is 7.09. The standard InChI is InChI=1S/C22H33N5OS.HI/c1-4-21-26-18(16-29-21)14-24-22(23-2)25-15-20(27-12-6-5-7-13-27)17-8-10-19(28-3)11-9-17;/h8-11,16,20H,4-7,12-15H2,1-3H3,(H2,23,24,25);1H. The van der Waals surface area contributed by atoms with Gasteiger partial charge in [0.1, 0.15) is 5.75 Å². The number of aryl methyl sites for hydroxylation is 1. The van der Waals surface area contributed by atoms with Crippen LogP contribution in [0.15, 0.2) is 34.6 Å². The molecule has 0 bridgehead atoms. The molecule has 0 saturated carbocycles. The smallest absolute Gasteiger partial charge is 0.191 e. The lowest BCUT2D eigenvalue weighted by Crippen LogP contribution is -2.44. The molecule has 1 atom stereocenters. The summed E-state index contributed by atoms with van der Waals surface area (Å²) < 4.78 is 5.33. The van der Waals surface area contributed by atoms with E-state index >= 15 is 0 Å². The zero-order valence-corrected chi connectivity index (χ0v) is 21.3. The molecule has 6 nitrogen and oxygen atoms in total. The van der Waals surface area contributed by atoms with Crippen LogP contribution in [0, 0.1) is 0 Å². The zero-order chi connectivity index (χ0) is 20.5. The summed E-state index contributed by atoms with van der Waals surface area (Å²) in [5.41, 5.74) is 2.38. The Balaban J connectivity index is 0.00000320. The van der Waals surface area contributed by atoms with E-state index in [2.05, 4.69) is 49.9 Å². The van der Waals surface area contributed by atoms with E-state index in [1.165, 1.54) is 29.8 Å². The molecule has 166 valence electrons. The van der Waals surface area contributed by atoms with Gasteiger partial charge in [0.15, 0.2) is 5.96 Å². The summed E-state index contributed by atoms with van der Waals surface area (Å²) in [6.07, 6.45) is 4.85. The molecule has 2 N–H and O–H groups in total. The van der Waals surface area contributed by atoms with E-state index in [1.54, 1.807) is 18.4 Å². The van der Waals surface area contributed by atoms with Crippen LogP contribution >= 0.6 is 35.3 Å². The Bertz CT molecular complexity index is 774. The van der Waals surface area contributed by atoms with Crippen LogP contribution in [0.3, 0.4) is 0 Å². The minimum absolute atomic E-state index is 0. The number of rotatable bonds is 8. The first-order valence-electron chi connectivity index (χ1n) is 10.5. The van der Waals surface area contributed by atoms with Gasteiger partial charge in [-0.2, -0.15) is 0 Å². The number of likely N-dealkylation sites (tertiary alicyclic amines) is 1. The maximum Gasteiger partial charge on any atom is 0.191 e. The summed E-state index contributed by atoms with van der Waals surface area (Å²) >= 11 is 1.72. The van der Waals surface area contributed by atoms with Crippen molar-refractivity contribution in [1.29, 1.82) is 0 Å². The fraction of sp³-hybridized carbons (Fsp3) is 0.545. The SMILES string of the molecule is CCc1nc(CNC(=NC)NCC(c2ccc(OC)cc2)N2CCCCC2)cs1.I. The summed E-state index contributed by atoms with van der Waals surface area (Å²) in [6, 6.07) is 8.76. The highest BCUT2D eigenvalue weighted by atomic mass is 127. The number of ether oxygens (including phenoxy) is 1. The molecule has 2 heterocycles. The number of methoxy groups -OCH3 is 1.